The predicted octanol–water partition coefficient (Wildman–Crippen LogP) is 13.3. The molecule has 0 aliphatic rings. The first kappa shape index (κ1) is 24.0. The number of benzene rings is 7. The Morgan fingerprint density at radius 2 is 0.814 bits per heavy atom. The summed E-state index contributed by atoms with van der Waals surface area (Å²) in [5.41, 5.74) is 3.82. The number of thiophene rings is 3. The van der Waals surface area contributed by atoms with E-state index >= 15 is 0 Å². The van der Waals surface area contributed by atoms with Gasteiger partial charge in [-0.1, -0.05) is 78.9 Å². The van der Waals surface area contributed by atoms with Gasteiger partial charge in [0.15, 0.2) is 0 Å². The van der Waals surface area contributed by atoms with Crippen molar-refractivity contribution in [3.63, 3.8) is 0 Å². The van der Waals surface area contributed by atoms with Crippen LogP contribution in [0.15, 0.2) is 133 Å². The molecular weight excluding hydrogens is 577 g/mol. The molecule has 0 aliphatic heterocycles. The van der Waals surface area contributed by atoms with Crippen molar-refractivity contribution in [2.75, 3.05) is 0 Å². The molecule has 0 atom stereocenters. The quantitative estimate of drug-likeness (QED) is 0.186. The van der Waals surface area contributed by atoms with E-state index in [-0.39, 0.29) is 0 Å². The van der Waals surface area contributed by atoms with Crippen LogP contribution in [0.1, 0.15) is 0 Å². The lowest BCUT2D eigenvalue weighted by Crippen LogP contribution is -1.78. The van der Waals surface area contributed by atoms with E-state index in [1.807, 2.05) is 34.0 Å². The maximum atomic E-state index is 2.41. The van der Waals surface area contributed by atoms with E-state index in [1.165, 1.54) is 93.5 Å². The average Bonchev–Trinajstić information content (AvgIpc) is 3.73. The largest absolute Gasteiger partial charge is 0.135 e. The Kier molecular flexibility index (Phi) is 5.00. The van der Waals surface area contributed by atoms with E-state index in [0.717, 1.165) is 0 Å². The van der Waals surface area contributed by atoms with Gasteiger partial charge in [-0.3, -0.25) is 0 Å². The Bertz CT molecular complexity index is 2730. The maximum Gasteiger partial charge on any atom is 0.0542 e. The number of rotatable bonds is 2. The predicted molar refractivity (Wildman–Crippen MR) is 193 cm³/mol. The van der Waals surface area contributed by atoms with Gasteiger partial charge in [0, 0.05) is 29.7 Å². The number of hydrogen-bond acceptors (Lipinski definition) is 3. The second-order valence-electron chi connectivity index (χ2n) is 11.4. The summed E-state index contributed by atoms with van der Waals surface area (Å²) in [5.74, 6) is 0. The Morgan fingerprint density at radius 1 is 0.302 bits per heavy atom. The fourth-order valence-corrected chi connectivity index (χ4v) is 10.3. The van der Waals surface area contributed by atoms with Gasteiger partial charge in [-0.25, -0.2) is 0 Å². The molecule has 3 aromatic heterocycles. The monoisotopic (exact) mass is 598 g/mol. The van der Waals surface area contributed by atoms with Crippen molar-refractivity contribution < 1.29 is 0 Å². The molecule has 0 nitrogen and oxygen atoms in total. The van der Waals surface area contributed by atoms with Crippen molar-refractivity contribution in [2.24, 2.45) is 0 Å². The van der Waals surface area contributed by atoms with Crippen molar-refractivity contribution in [1.29, 1.82) is 0 Å². The molecule has 0 saturated heterocycles. The molecule has 0 bridgehead atoms. The van der Waals surface area contributed by atoms with Crippen LogP contribution in [0.3, 0.4) is 0 Å². The fraction of sp³-hybridized carbons (Fsp3) is 0. The van der Waals surface area contributed by atoms with Crippen LogP contribution in [0.5, 0.6) is 0 Å². The van der Waals surface area contributed by atoms with Gasteiger partial charge in [0.25, 0.3) is 0 Å². The van der Waals surface area contributed by atoms with Gasteiger partial charge in [0.1, 0.15) is 0 Å². The Hall–Kier alpha value is -4.54. The topological polar surface area (TPSA) is 0 Å². The van der Waals surface area contributed by atoms with Crippen LogP contribution >= 0.6 is 34.0 Å². The number of fused-ring (bicyclic) bond motifs is 9. The molecule has 3 heteroatoms. The van der Waals surface area contributed by atoms with Crippen LogP contribution in [0, 0.1) is 0 Å². The maximum absolute atomic E-state index is 2.41. The molecule has 7 aromatic carbocycles. The summed E-state index contributed by atoms with van der Waals surface area (Å²) in [6, 6.07) is 49.8. The molecule has 0 unspecified atom stereocenters. The molecule has 10 rings (SSSR count). The summed E-state index contributed by atoms with van der Waals surface area (Å²) in [6.45, 7) is 0. The van der Waals surface area contributed by atoms with E-state index in [0.29, 0.717) is 0 Å². The van der Waals surface area contributed by atoms with Crippen molar-refractivity contribution in [3.8, 4) is 21.6 Å². The Morgan fingerprint density at radius 3 is 1.56 bits per heavy atom. The summed E-state index contributed by atoms with van der Waals surface area (Å²) in [7, 11) is 0. The summed E-state index contributed by atoms with van der Waals surface area (Å²) in [5, 5.41) is 11.9. The van der Waals surface area contributed by atoms with Gasteiger partial charge in [-0.05, 0) is 109 Å². The second kappa shape index (κ2) is 8.98. The normalized spacial score (nSPS) is 12.2. The molecule has 0 spiro atoms. The lowest BCUT2D eigenvalue weighted by Gasteiger charge is -2.04. The van der Waals surface area contributed by atoms with Crippen molar-refractivity contribution in [2.45, 2.75) is 0 Å². The number of hydrogen-bond donors (Lipinski definition) is 0. The van der Waals surface area contributed by atoms with Crippen LogP contribution in [-0.4, -0.2) is 0 Å². The van der Waals surface area contributed by atoms with Crippen LogP contribution in [0.2, 0.25) is 0 Å². The third kappa shape index (κ3) is 3.72. The van der Waals surface area contributed by atoms with Gasteiger partial charge in [0.2, 0.25) is 0 Å². The standard InChI is InChI=1S/C40H22S3/c1-2-6-24-15-27(10-9-23(24)5-1)28-13-14-35-32(16-28)22-36(41-35)30-12-11-29-19-34-38(21-31(29)17-30)43-39-33-18-25-7-3-4-8-26(25)20-37(33)42-40(34)39/h1-22H. The summed E-state index contributed by atoms with van der Waals surface area (Å²) < 4.78 is 6.92. The van der Waals surface area contributed by atoms with E-state index in [4.69, 9.17) is 0 Å². The van der Waals surface area contributed by atoms with E-state index in [9.17, 15) is 0 Å². The molecule has 200 valence electrons. The highest BCUT2D eigenvalue weighted by Gasteiger charge is 2.15. The molecule has 0 amide bonds. The molecule has 10 aromatic rings. The third-order valence-electron chi connectivity index (χ3n) is 8.79. The van der Waals surface area contributed by atoms with Gasteiger partial charge in [-0.2, -0.15) is 0 Å². The van der Waals surface area contributed by atoms with Crippen molar-refractivity contribution in [3.05, 3.63) is 133 Å². The van der Waals surface area contributed by atoms with Crippen molar-refractivity contribution in [1.82, 2.24) is 0 Å². The molecule has 0 fully saturated rings. The van der Waals surface area contributed by atoms with Crippen LogP contribution in [-0.2, 0) is 0 Å². The third-order valence-corrected chi connectivity index (χ3v) is 12.5. The average molecular weight is 599 g/mol. The smallest absolute Gasteiger partial charge is 0.0542 e. The summed E-state index contributed by atoms with van der Waals surface area (Å²) in [6.07, 6.45) is 0. The summed E-state index contributed by atoms with van der Waals surface area (Å²) in [4.78, 5) is 1.32. The van der Waals surface area contributed by atoms with Crippen LogP contribution < -0.4 is 0 Å². The highest BCUT2D eigenvalue weighted by molar-refractivity contribution is 7.36. The minimum Gasteiger partial charge on any atom is -0.135 e. The van der Waals surface area contributed by atoms with E-state index in [2.05, 4.69) is 133 Å². The van der Waals surface area contributed by atoms with Gasteiger partial charge >= 0.3 is 0 Å². The molecule has 0 saturated carbocycles. The first-order valence-corrected chi connectivity index (χ1v) is 16.9. The Labute approximate surface area is 259 Å². The molecular formula is C40H22S3. The minimum absolute atomic E-state index is 1.26. The van der Waals surface area contributed by atoms with E-state index in [1.54, 1.807) is 0 Å². The zero-order valence-corrected chi connectivity index (χ0v) is 25.4. The lowest BCUT2D eigenvalue weighted by molar-refractivity contribution is 1.69. The molecule has 3 heterocycles. The first-order chi connectivity index (χ1) is 21.2. The van der Waals surface area contributed by atoms with E-state index < -0.39 is 0 Å². The highest BCUT2D eigenvalue weighted by atomic mass is 32.1. The Balaban J connectivity index is 1.06. The zero-order valence-electron chi connectivity index (χ0n) is 22.9. The van der Waals surface area contributed by atoms with Gasteiger partial charge in [-0.15, -0.1) is 34.0 Å². The lowest BCUT2D eigenvalue weighted by atomic mass is 10.00. The molecule has 0 N–H and O–H groups in total. The van der Waals surface area contributed by atoms with Gasteiger partial charge in [0.05, 0.1) is 9.40 Å². The fourth-order valence-electron chi connectivity index (χ4n) is 6.57. The zero-order chi connectivity index (χ0) is 28.1. The summed E-state index contributed by atoms with van der Waals surface area (Å²) >= 11 is 5.76. The van der Waals surface area contributed by atoms with Gasteiger partial charge < -0.3 is 0 Å². The second-order valence-corrected chi connectivity index (χ2v) is 14.6. The molecule has 43 heavy (non-hydrogen) atoms. The van der Waals surface area contributed by atoms with Crippen LogP contribution in [0.4, 0.5) is 0 Å². The molecule has 0 radical (unpaired) electrons. The van der Waals surface area contributed by atoms with Crippen LogP contribution in [0.25, 0.3) is 93.5 Å². The molecule has 0 aliphatic carbocycles. The van der Waals surface area contributed by atoms with Crippen molar-refractivity contribution >= 4 is 106 Å². The SMILES string of the molecule is c1ccc2cc(-c3ccc4sc(-c5ccc6cc7c(cc6c5)sc5c6cc8ccccc8cc6sc75)cc4c3)ccc2c1. The highest BCUT2D eigenvalue weighted by Crippen LogP contribution is 2.46. The first-order valence-electron chi connectivity index (χ1n) is 14.5. The minimum atomic E-state index is 1.26.